The minimum absolute atomic E-state index is 0.646. The summed E-state index contributed by atoms with van der Waals surface area (Å²) >= 11 is 0. The van der Waals surface area contributed by atoms with E-state index >= 15 is 0 Å². The first-order chi connectivity index (χ1) is 13.7. The Morgan fingerprint density at radius 2 is 0.714 bits per heavy atom. The second-order valence-electron chi connectivity index (χ2n) is 7.77. The topological polar surface area (TPSA) is 118 Å². The average molecular weight is 386 g/mol. The number of isocyanates is 4. The third-order valence-corrected chi connectivity index (χ3v) is 6.67. The van der Waals surface area contributed by atoms with E-state index in [1.165, 1.54) is 0 Å². The molecule has 0 saturated heterocycles. The summed E-state index contributed by atoms with van der Waals surface area (Å²) in [5.41, 5.74) is -1.48. The Bertz CT molecular complexity index is 612. The van der Waals surface area contributed by atoms with E-state index in [9.17, 15) is 19.2 Å². The van der Waals surface area contributed by atoms with E-state index in [0.717, 1.165) is 51.4 Å². The Kier molecular flexibility index (Phi) is 8.38. The van der Waals surface area contributed by atoms with Crippen LogP contribution in [0.4, 0.5) is 0 Å². The summed E-state index contributed by atoms with van der Waals surface area (Å²) in [6, 6.07) is 0. The molecule has 0 atom stereocenters. The number of hydrogen-bond acceptors (Lipinski definition) is 8. The highest BCUT2D eigenvalue weighted by Crippen LogP contribution is 2.60. The van der Waals surface area contributed by atoms with Crippen LogP contribution in [0.15, 0.2) is 20.0 Å². The SMILES string of the molecule is O=C=NC(N=C=O)C1(C2(C(N=C=O)N=C=O)CCCCCC2)CCCCCC1. The quantitative estimate of drug-likeness (QED) is 0.377. The van der Waals surface area contributed by atoms with Crippen LogP contribution >= 0.6 is 0 Å². The molecule has 2 saturated carbocycles. The van der Waals surface area contributed by atoms with Gasteiger partial charge in [-0.3, -0.25) is 0 Å². The van der Waals surface area contributed by atoms with E-state index in [0.29, 0.717) is 25.7 Å². The van der Waals surface area contributed by atoms with E-state index in [1.54, 1.807) is 24.3 Å². The molecule has 2 aliphatic carbocycles. The Hall–Kier alpha value is -2.48. The van der Waals surface area contributed by atoms with Crippen LogP contribution < -0.4 is 0 Å². The number of rotatable bonds is 7. The number of nitrogens with zero attached hydrogens (tertiary/aromatic N) is 4. The number of carbonyl (C=O) groups excluding carboxylic acids is 4. The summed E-state index contributed by atoms with van der Waals surface area (Å²) in [5, 5.41) is 0. The highest BCUT2D eigenvalue weighted by molar-refractivity contribution is 5.40. The van der Waals surface area contributed by atoms with Gasteiger partial charge in [-0.1, -0.05) is 51.4 Å². The summed E-state index contributed by atoms with van der Waals surface area (Å²) in [5.74, 6) is 0. The molecule has 2 rings (SSSR count). The standard InChI is InChI=1S/C20H26N4O4/c25-13-21-17(22-14-26)19(9-5-1-2-6-10-19)20(11-7-3-4-8-12-20)18(23-15-27)24-16-28/h17-18H,1-12H2. The predicted octanol–water partition coefficient (Wildman–Crippen LogP) is 3.66. The van der Waals surface area contributed by atoms with Crippen LogP contribution in [0.2, 0.25) is 0 Å². The van der Waals surface area contributed by atoms with Crippen LogP contribution in [0.1, 0.15) is 77.0 Å². The summed E-state index contributed by atoms with van der Waals surface area (Å²) in [4.78, 5) is 60.3. The van der Waals surface area contributed by atoms with Gasteiger partial charge >= 0.3 is 0 Å². The van der Waals surface area contributed by atoms with Crippen molar-refractivity contribution in [2.24, 2.45) is 30.8 Å². The first kappa shape index (κ1) is 21.8. The normalized spacial score (nSPS) is 23.0. The zero-order valence-corrected chi connectivity index (χ0v) is 16.1. The third-order valence-electron chi connectivity index (χ3n) is 6.67. The molecule has 0 N–H and O–H groups in total. The lowest BCUT2D eigenvalue weighted by molar-refractivity contribution is -0.0383. The van der Waals surface area contributed by atoms with Crippen molar-refractivity contribution in [3.8, 4) is 0 Å². The first-order valence-corrected chi connectivity index (χ1v) is 9.99. The van der Waals surface area contributed by atoms with Gasteiger partial charge in [-0.2, -0.15) is 20.0 Å². The Morgan fingerprint density at radius 3 is 0.929 bits per heavy atom. The first-order valence-electron chi connectivity index (χ1n) is 9.99. The van der Waals surface area contributed by atoms with Crippen molar-refractivity contribution in [3.63, 3.8) is 0 Å². The van der Waals surface area contributed by atoms with Gasteiger partial charge in [0.25, 0.3) is 0 Å². The van der Waals surface area contributed by atoms with Crippen molar-refractivity contribution in [3.05, 3.63) is 0 Å². The van der Waals surface area contributed by atoms with E-state index < -0.39 is 23.2 Å². The fourth-order valence-corrected chi connectivity index (χ4v) is 5.50. The molecule has 2 fully saturated rings. The van der Waals surface area contributed by atoms with E-state index in [2.05, 4.69) is 20.0 Å². The van der Waals surface area contributed by atoms with Crippen LogP contribution in [0.3, 0.4) is 0 Å². The smallest absolute Gasteiger partial charge is 0.211 e. The minimum atomic E-state index is -0.982. The van der Waals surface area contributed by atoms with Gasteiger partial charge in [0.1, 0.15) is 0 Å². The van der Waals surface area contributed by atoms with Crippen molar-refractivity contribution in [2.45, 2.75) is 89.4 Å². The highest BCUT2D eigenvalue weighted by atomic mass is 16.1. The molecular formula is C20H26N4O4. The van der Waals surface area contributed by atoms with Gasteiger partial charge < -0.3 is 0 Å². The zero-order chi connectivity index (χ0) is 20.3. The average Bonchev–Trinajstić information content (AvgIpc) is 3.10. The molecule has 0 amide bonds. The molecular weight excluding hydrogens is 360 g/mol. The molecule has 0 aliphatic heterocycles. The maximum Gasteiger partial charge on any atom is 0.237 e. The number of aliphatic imine (C=N–C) groups is 4. The fraction of sp³-hybridized carbons (Fsp3) is 0.800. The van der Waals surface area contributed by atoms with Gasteiger partial charge in [0.05, 0.1) is 0 Å². The Labute approximate surface area is 164 Å². The summed E-state index contributed by atoms with van der Waals surface area (Å²) < 4.78 is 0. The van der Waals surface area contributed by atoms with Gasteiger partial charge in [0.15, 0.2) is 12.3 Å². The van der Waals surface area contributed by atoms with E-state index in [4.69, 9.17) is 0 Å². The van der Waals surface area contributed by atoms with Crippen LogP contribution in [-0.2, 0) is 19.2 Å². The van der Waals surface area contributed by atoms with Crippen molar-refractivity contribution in [1.82, 2.24) is 0 Å². The maximum absolute atomic E-state index is 11.2. The van der Waals surface area contributed by atoms with Crippen molar-refractivity contribution in [1.29, 1.82) is 0 Å². The highest BCUT2D eigenvalue weighted by Gasteiger charge is 2.59. The molecule has 8 nitrogen and oxygen atoms in total. The zero-order valence-electron chi connectivity index (χ0n) is 16.1. The molecule has 2 aliphatic rings. The van der Waals surface area contributed by atoms with Gasteiger partial charge in [-0.05, 0) is 25.7 Å². The molecule has 0 bridgehead atoms. The largest absolute Gasteiger partial charge is 0.237 e. The monoisotopic (exact) mass is 386 g/mol. The van der Waals surface area contributed by atoms with Crippen LogP contribution in [-0.4, -0.2) is 36.7 Å². The van der Waals surface area contributed by atoms with Crippen LogP contribution in [0, 0.1) is 10.8 Å². The van der Waals surface area contributed by atoms with Gasteiger partial charge in [0, 0.05) is 10.8 Å². The summed E-state index contributed by atoms with van der Waals surface area (Å²) in [6.07, 6.45) is 14.4. The third kappa shape index (κ3) is 4.32. The molecule has 0 aromatic carbocycles. The molecule has 0 spiro atoms. The molecule has 0 unspecified atom stereocenters. The second-order valence-corrected chi connectivity index (χ2v) is 7.77. The van der Waals surface area contributed by atoms with Crippen molar-refractivity contribution < 1.29 is 19.2 Å². The Balaban J connectivity index is 2.79. The molecule has 150 valence electrons. The number of hydrogen-bond donors (Lipinski definition) is 0. The van der Waals surface area contributed by atoms with Crippen molar-refractivity contribution in [2.75, 3.05) is 0 Å². The fourth-order valence-electron chi connectivity index (χ4n) is 5.50. The van der Waals surface area contributed by atoms with Gasteiger partial charge in [-0.25, -0.2) is 19.2 Å². The second kappa shape index (κ2) is 10.8. The lowest BCUT2D eigenvalue weighted by Crippen LogP contribution is -2.54. The van der Waals surface area contributed by atoms with Gasteiger partial charge in [0.2, 0.25) is 24.3 Å². The predicted molar refractivity (Wildman–Crippen MR) is 100 cm³/mol. The lowest BCUT2D eigenvalue weighted by atomic mass is 9.53. The molecule has 0 radical (unpaired) electrons. The summed E-state index contributed by atoms with van der Waals surface area (Å²) in [7, 11) is 0. The molecule has 28 heavy (non-hydrogen) atoms. The van der Waals surface area contributed by atoms with Crippen LogP contribution in [0.5, 0.6) is 0 Å². The molecule has 0 aromatic heterocycles. The van der Waals surface area contributed by atoms with E-state index in [1.807, 2.05) is 0 Å². The minimum Gasteiger partial charge on any atom is -0.211 e. The maximum atomic E-state index is 11.2. The molecule has 0 aromatic rings. The molecule has 8 heteroatoms. The molecule has 0 heterocycles. The van der Waals surface area contributed by atoms with Gasteiger partial charge in [-0.15, -0.1) is 0 Å². The van der Waals surface area contributed by atoms with E-state index in [-0.39, 0.29) is 0 Å². The lowest BCUT2D eigenvalue weighted by Gasteiger charge is -2.53. The summed E-state index contributed by atoms with van der Waals surface area (Å²) in [6.45, 7) is 0. The Morgan fingerprint density at radius 1 is 0.464 bits per heavy atom. The van der Waals surface area contributed by atoms with Crippen molar-refractivity contribution >= 4 is 24.3 Å². The van der Waals surface area contributed by atoms with Crippen LogP contribution in [0.25, 0.3) is 0 Å².